The molecule has 4 nitrogen and oxygen atoms in total. The van der Waals surface area contributed by atoms with E-state index in [2.05, 4.69) is 200 Å². The van der Waals surface area contributed by atoms with E-state index in [1.165, 1.54) is 11.1 Å². The van der Waals surface area contributed by atoms with E-state index < -0.39 is 0 Å². The fraction of sp³-hybridized carbons (Fsp3) is 0. The smallest absolute Gasteiger partial charge is 0.164 e. The molecule has 11 aromatic rings. The van der Waals surface area contributed by atoms with Gasteiger partial charge in [-0.05, 0) is 62.0 Å². The molecule has 2 heterocycles. The maximum Gasteiger partial charge on any atom is 0.164 e. The number of nitrogens with zero attached hydrogens (tertiary/aromatic N) is 3. The van der Waals surface area contributed by atoms with Crippen molar-refractivity contribution in [1.82, 2.24) is 15.0 Å². The lowest BCUT2D eigenvalue weighted by Crippen LogP contribution is -2.00. The van der Waals surface area contributed by atoms with Crippen LogP contribution in [0.5, 0.6) is 0 Å². The molecule has 0 aliphatic carbocycles. The van der Waals surface area contributed by atoms with Crippen LogP contribution in [-0.2, 0) is 0 Å². The van der Waals surface area contributed by atoms with Crippen LogP contribution in [0.15, 0.2) is 217 Å². The third kappa shape index (κ3) is 6.34. The molecule has 0 atom stereocenters. The Morgan fingerprint density at radius 1 is 0.271 bits per heavy atom. The molecule has 11 rings (SSSR count). The molecule has 2 aromatic heterocycles. The molecule has 276 valence electrons. The molecular formula is C55H35N3O. The summed E-state index contributed by atoms with van der Waals surface area (Å²) in [6.45, 7) is 0. The molecule has 0 spiro atoms. The number of benzene rings is 9. The second kappa shape index (κ2) is 14.5. The van der Waals surface area contributed by atoms with E-state index in [9.17, 15) is 0 Å². The zero-order chi connectivity index (χ0) is 39.1. The van der Waals surface area contributed by atoms with Crippen molar-refractivity contribution < 1.29 is 4.42 Å². The molecule has 0 unspecified atom stereocenters. The summed E-state index contributed by atoms with van der Waals surface area (Å²) in [4.78, 5) is 15.2. The van der Waals surface area contributed by atoms with Gasteiger partial charge in [0, 0.05) is 32.8 Å². The van der Waals surface area contributed by atoms with E-state index in [0.717, 1.165) is 82.8 Å². The summed E-state index contributed by atoms with van der Waals surface area (Å²) in [6.07, 6.45) is 0. The van der Waals surface area contributed by atoms with Gasteiger partial charge in [0.15, 0.2) is 17.5 Å². The minimum absolute atomic E-state index is 0.615. The molecule has 4 heteroatoms. The van der Waals surface area contributed by atoms with Gasteiger partial charge in [-0.15, -0.1) is 0 Å². The van der Waals surface area contributed by atoms with Crippen LogP contribution in [0.4, 0.5) is 0 Å². The SMILES string of the molecule is c1ccc(-c2ccc(-c3nc(-c4ccc(-c5ccccc5)cc4)nc(-c4ccc(-c5cc6c(oc7cccc(-c8ccccc8)c76)c6ccccc56)cc4)n3)cc2)cc1. The van der Waals surface area contributed by atoms with Gasteiger partial charge in [0.2, 0.25) is 0 Å². The van der Waals surface area contributed by atoms with Crippen LogP contribution in [0.2, 0.25) is 0 Å². The Labute approximate surface area is 341 Å². The van der Waals surface area contributed by atoms with Gasteiger partial charge in [-0.25, -0.2) is 15.0 Å². The van der Waals surface area contributed by atoms with E-state index >= 15 is 0 Å². The van der Waals surface area contributed by atoms with Crippen LogP contribution in [0, 0.1) is 0 Å². The number of furan rings is 1. The molecule has 0 N–H and O–H groups in total. The van der Waals surface area contributed by atoms with Gasteiger partial charge in [-0.1, -0.05) is 200 Å². The summed E-state index contributed by atoms with van der Waals surface area (Å²) in [5, 5.41) is 4.44. The van der Waals surface area contributed by atoms with Crippen LogP contribution in [-0.4, -0.2) is 15.0 Å². The van der Waals surface area contributed by atoms with Crippen LogP contribution in [0.25, 0.3) is 111 Å². The Hall–Kier alpha value is -7.95. The molecule has 0 saturated heterocycles. The summed E-state index contributed by atoms with van der Waals surface area (Å²) in [7, 11) is 0. The first-order chi connectivity index (χ1) is 29.2. The highest BCUT2D eigenvalue weighted by atomic mass is 16.3. The van der Waals surface area contributed by atoms with Crippen LogP contribution in [0.3, 0.4) is 0 Å². The van der Waals surface area contributed by atoms with E-state index in [1.54, 1.807) is 0 Å². The lowest BCUT2D eigenvalue weighted by molar-refractivity contribution is 0.673. The molecule has 0 aliphatic heterocycles. The van der Waals surface area contributed by atoms with Crippen molar-refractivity contribution in [3.63, 3.8) is 0 Å². The van der Waals surface area contributed by atoms with Crippen molar-refractivity contribution in [2.24, 2.45) is 0 Å². The highest BCUT2D eigenvalue weighted by molar-refractivity contribution is 6.22. The summed E-state index contributed by atoms with van der Waals surface area (Å²) >= 11 is 0. The Morgan fingerprint density at radius 2 is 0.661 bits per heavy atom. The maximum absolute atomic E-state index is 6.63. The Bertz CT molecular complexity index is 3170. The van der Waals surface area contributed by atoms with Crippen molar-refractivity contribution in [2.45, 2.75) is 0 Å². The lowest BCUT2D eigenvalue weighted by Gasteiger charge is -2.11. The first kappa shape index (κ1) is 34.3. The molecule has 0 aliphatic rings. The average Bonchev–Trinajstić information content (AvgIpc) is 3.71. The topological polar surface area (TPSA) is 51.8 Å². The first-order valence-corrected chi connectivity index (χ1v) is 19.8. The standard InChI is InChI=1S/C55H35N3O/c1-4-13-36(14-5-1)38-23-29-42(30-24-38)53-56-54(43-31-25-39(26-32-43)37-15-6-2-7-16-37)58-55(57-53)44-33-27-41(28-34-44)48-35-49-51-45(40-17-8-3-9-18-40)21-12-22-50(51)59-52(49)47-20-11-10-19-46(47)48/h1-35H. The molecule has 0 saturated carbocycles. The molecule has 0 amide bonds. The highest BCUT2D eigenvalue weighted by Gasteiger charge is 2.19. The molecular weight excluding hydrogens is 719 g/mol. The second-order valence-corrected chi connectivity index (χ2v) is 14.8. The largest absolute Gasteiger partial charge is 0.455 e. The number of rotatable bonds is 7. The quantitative estimate of drug-likeness (QED) is 0.163. The summed E-state index contributed by atoms with van der Waals surface area (Å²) in [5.74, 6) is 1.86. The van der Waals surface area contributed by atoms with E-state index in [-0.39, 0.29) is 0 Å². The maximum atomic E-state index is 6.63. The van der Waals surface area contributed by atoms with Crippen LogP contribution in [0.1, 0.15) is 0 Å². The normalized spacial score (nSPS) is 11.4. The van der Waals surface area contributed by atoms with Gasteiger partial charge in [0.25, 0.3) is 0 Å². The summed E-state index contributed by atoms with van der Waals surface area (Å²) in [5.41, 5.74) is 13.7. The van der Waals surface area contributed by atoms with Crippen LogP contribution >= 0.6 is 0 Å². The van der Waals surface area contributed by atoms with Gasteiger partial charge >= 0.3 is 0 Å². The van der Waals surface area contributed by atoms with Gasteiger partial charge in [0.05, 0.1) is 0 Å². The zero-order valence-electron chi connectivity index (χ0n) is 32.0. The Balaban J connectivity index is 1.02. The Morgan fingerprint density at radius 3 is 1.17 bits per heavy atom. The van der Waals surface area contributed by atoms with Gasteiger partial charge < -0.3 is 4.42 Å². The van der Waals surface area contributed by atoms with E-state index in [0.29, 0.717) is 17.5 Å². The van der Waals surface area contributed by atoms with Crippen molar-refractivity contribution in [3.8, 4) is 78.7 Å². The number of aromatic nitrogens is 3. The highest BCUT2D eigenvalue weighted by Crippen LogP contribution is 2.43. The minimum Gasteiger partial charge on any atom is -0.455 e. The number of fused-ring (bicyclic) bond motifs is 5. The van der Waals surface area contributed by atoms with Crippen molar-refractivity contribution in [2.75, 3.05) is 0 Å². The molecule has 9 aromatic carbocycles. The number of hydrogen-bond acceptors (Lipinski definition) is 4. The monoisotopic (exact) mass is 753 g/mol. The van der Waals surface area contributed by atoms with Crippen LogP contribution < -0.4 is 0 Å². The third-order valence-corrected chi connectivity index (χ3v) is 11.2. The predicted octanol–water partition coefficient (Wildman–Crippen LogP) is 14.6. The average molecular weight is 754 g/mol. The lowest BCUT2D eigenvalue weighted by atomic mass is 9.93. The first-order valence-electron chi connectivity index (χ1n) is 19.8. The van der Waals surface area contributed by atoms with Crippen molar-refractivity contribution >= 4 is 32.7 Å². The Kier molecular flexibility index (Phi) is 8.45. The summed E-state index contributed by atoms with van der Waals surface area (Å²) in [6, 6.07) is 74.0. The number of hydrogen-bond donors (Lipinski definition) is 0. The fourth-order valence-corrected chi connectivity index (χ4v) is 8.19. The fourth-order valence-electron chi connectivity index (χ4n) is 8.19. The van der Waals surface area contributed by atoms with Crippen molar-refractivity contribution in [3.05, 3.63) is 212 Å². The van der Waals surface area contributed by atoms with Gasteiger partial charge in [-0.3, -0.25) is 0 Å². The van der Waals surface area contributed by atoms with Gasteiger partial charge in [-0.2, -0.15) is 0 Å². The van der Waals surface area contributed by atoms with Crippen molar-refractivity contribution in [1.29, 1.82) is 0 Å². The zero-order valence-corrected chi connectivity index (χ0v) is 32.0. The van der Waals surface area contributed by atoms with E-state index in [4.69, 9.17) is 19.4 Å². The minimum atomic E-state index is 0.615. The second-order valence-electron chi connectivity index (χ2n) is 14.8. The molecule has 0 bridgehead atoms. The summed E-state index contributed by atoms with van der Waals surface area (Å²) < 4.78 is 6.63. The molecule has 0 radical (unpaired) electrons. The van der Waals surface area contributed by atoms with E-state index in [1.807, 2.05) is 12.1 Å². The van der Waals surface area contributed by atoms with Gasteiger partial charge in [0.1, 0.15) is 11.2 Å². The predicted molar refractivity (Wildman–Crippen MR) is 243 cm³/mol. The third-order valence-electron chi connectivity index (χ3n) is 11.2. The molecule has 59 heavy (non-hydrogen) atoms. The molecule has 0 fully saturated rings.